The number of nitrogens with one attached hydrogen (secondary N) is 1. The Kier molecular flexibility index (Phi) is 3.58. The summed E-state index contributed by atoms with van der Waals surface area (Å²) in [6, 6.07) is 12.0. The number of aromatic nitrogens is 3. The number of benzene rings is 1. The van der Waals surface area contributed by atoms with Gasteiger partial charge in [-0.2, -0.15) is 5.10 Å². The van der Waals surface area contributed by atoms with Crippen LogP contribution >= 0.6 is 0 Å². The monoisotopic (exact) mass is 282 g/mol. The van der Waals surface area contributed by atoms with E-state index in [-0.39, 0.29) is 11.6 Å². The molecule has 3 aromatic rings. The van der Waals surface area contributed by atoms with Crippen molar-refractivity contribution in [1.82, 2.24) is 19.5 Å². The molecule has 1 aromatic carbocycles. The van der Waals surface area contributed by atoms with E-state index in [9.17, 15) is 4.79 Å². The Morgan fingerprint density at radius 1 is 1.24 bits per heavy atom. The van der Waals surface area contributed by atoms with Crippen LogP contribution in [-0.2, 0) is 6.54 Å². The fourth-order valence-corrected chi connectivity index (χ4v) is 2.54. The van der Waals surface area contributed by atoms with Crippen molar-refractivity contribution in [2.45, 2.75) is 19.5 Å². The number of hydrogen-bond donors (Lipinski definition) is 1. The van der Waals surface area contributed by atoms with E-state index in [1.54, 1.807) is 15.3 Å². The molecule has 1 N–H and O–H groups in total. The number of hydrogen-bond acceptors (Lipinski definition) is 3. The van der Waals surface area contributed by atoms with Crippen LogP contribution in [0.5, 0.6) is 0 Å². The summed E-state index contributed by atoms with van der Waals surface area (Å²) in [6.07, 6.45) is 3.61. The third-order valence-corrected chi connectivity index (χ3v) is 3.66. The zero-order valence-electron chi connectivity index (χ0n) is 12.2. The summed E-state index contributed by atoms with van der Waals surface area (Å²) >= 11 is 0. The smallest absolute Gasteiger partial charge is 0.276 e. The van der Waals surface area contributed by atoms with E-state index < -0.39 is 0 Å². The standard InChI is InChI=1S/C16H18N4O/c1-12-10-15-16(21)19(8-9-20(15)18-12)11-14(17-2)13-6-4-3-5-7-13/h3-10,14,17H,11H2,1-2H3. The number of aryl methyl sites for hydroxylation is 1. The summed E-state index contributed by atoms with van der Waals surface area (Å²) in [6.45, 7) is 2.47. The van der Waals surface area contributed by atoms with E-state index in [1.807, 2.05) is 44.4 Å². The van der Waals surface area contributed by atoms with Crippen molar-refractivity contribution in [2.24, 2.45) is 0 Å². The van der Waals surface area contributed by atoms with Crippen molar-refractivity contribution in [2.75, 3.05) is 7.05 Å². The summed E-state index contributed by atoms with van der Waals surface area (Å²) in [5.74, 6) is 0. The Hall–Kier alpha value is -2.40. The van der Waals surface area contributed by atoms with E-state index in [2.05, 4.69) is 22.5 Å². The Labute approximate surface area is 122 Å². The number of likely N-dealkylation sites (N-methyl/N-ethyl adjacent to an activating group) is 1. The first-order valence-corrected chi connectivity index (χ1v) is 6.96. The fourth-order valence-electron chi connectivity index (χ4n) is 2.54. The molecule has 0 saturated carbocycles. The molecule has 0 bridgehead atoms. The molecule has 5 heteroatoms. The highest BCUT2D eigenvalue weighted by Crippen LogP contribution is 2.13. The minimum atomic E-state index is -0.0192. The van der Waals surface area contributed by atoms with Gasteiger partial charge in [0.05, 0.1) is 11.7 Å². The van der Waals surface area contributed by atoms with Crippen LogP contribution in [0, 0.1) is 6.92 Å². The largest absolute Gasteiger partial charge is 0.312 e. The number of fused-ring (bicyclic) bond motifs is 1. The molecule has 1 unspecified atom stereocenters. The number of nitrogens with zero attached hydrogens (tertiary/aromatic N) is 3. The fraction of sp³-hybridized carbons (Fsp3) is 0.250. The van der Waals surface area contributed by atoms with Crippen LogP contribution in [0.1, 0.15) is 17.3 Å². The first-order chi connectivity index (χ1) is 10.2. The van der Waals surface area contributed by atoms with Crippen molar-refractivity contribution in [3.63, 3.8) is 0 Å². The molecule has 108 valence electrons. The van der Waals surface area contributed by atoms with E-state index in [1.165, 1.54) is 0 Å². The van der Waals surface area contributed by atoms with Gasteiger partial charge >= 0.3 is 0 Å². The van der Waals surface area contributed by atoms with E-state index >= 15 is 0 Å². The zero-order valence-corrected chi connectivity index (χ0v) is 12.2. The molecular weight excluding hydrogens is 264 g/mol. The van der Waals surface area contributed by atoms with Crippen molar-refractivity contribution in [3.05, 3.63) is 70.4 Å². The average molecular weight is 282 g/mol. The third-order valence-electron chi connectivity index (χ3n) is 3.66. The van der Waals surface area contributed by atoms with Gasteiger partial charge in [-0.25, -0.2) is 4.52 Å². The summed E-state index contributed by atoms with van der Waals surface area (Å²) in [5.41, 5.74) is 2.60. The van der Waals surface area contributed by atoms with Crippen LogP contribution in [0.3, 0.4) is 0 Å². The molecule has 2 heterocycles. The van der Waals surface area contributed by atoms with Crippen LogP contribution in [0.25, 0.3) is 5.52 Å². The molecule has 21 heavy (non-hydrogen) atoms. The average Bonchev–Trinajstić information content (AvgIpc) is 2.89. The van der Waals surface area contributed by atoms with Crippen LogP contribution in [-0.4, -0.2) is 21.2 Å². The Morgan fingerprint density at radius 3 is 2.71 bits per heavy atom. The minimum absolute atomic E-state index is 0.0192. The van der Waals surface area contributed by atoms with Gasteiger partial charge in [-0.05, 0) is 25.6 Å². The first kappa shape index (κ1) is 13.6. The Balaban J connectivity index is 1.97. The highest BCUT2D eigenvalue weighted by Gasteiger charge is 2.12. The van der Waals surface area contributed by atoms with Crippen LogP contribution in [0.15, 0.2) is 53.6 Å². The predicted molar refractivity (Wildman–Crippen MR) is 82.4 cm³/mol. The van der Waals surface area contributed by atoms with Gasteiger partial charge in [0.25, 0.3) is 5.56 Å². The second-order valence-electron chi connectivity index (χ2n) is 5.12. The third kappa shape index (κ3) is 2.60. The van der Waals surface area contributed by atoms with E-state index in [4.69, 9.17) is 0 Å². The Bertz CT molecular complexity index is 804. The van der Waals surface area contributed by atoms with Crippen LogP contribution in [0.4, 0.5) is 0 Å². The highest BCUT2D eigenvalue weighted by molar-refractivity contribution is 5.44. The molecule has 0 saturated heterocycles. The van der Waals surface area contributed by atoms with Gasteiger partial charge in [0.2, 0.25) is 0 Å². The molecule has 2 aromatic heterocycles. The lowest BCUT2D eigenvalue weighted by Gasteiger charge is -2.18. The van der Waals surface area contributed by atoms with Crippen LogP contribution in [0.2, 0.25) is 0 Å². The molecule has 0 spiro atoms. The summed E-state index contributed by atoms with van der Waals surface area (Å²) in [4.78, 5) is 12.5. The molecule has 0 amide bonds. The molecule has 3 rings (SSSR count). The van der Waals surface area contributed by atoms with Crippen molar-refractivity contribution < 1.29 is 0 Å². The summed E-state index contributed by atoms with van der Waals surface area (Å²) in [5, 5.41) is 7.53. The summed E-state index contributed by atoms with van der Waals surface area (Å²) < 4.78 is 3.36. The maximum Gasteiger partial charge on any atom is 0.276 e. The number of rotatable bonds is 4. The lowest BCUT2D eigenvalue weighted by Crippen LogP contribution is -2.29. The SMILES string of the molecule is CNC(Cn1ccn2nc(C)cc2c1=O)c1ccccc1. The lowest BCUT2D eigenvalue weighted by atomic mass is 10.1. The van der Waals surface area contributed by atoms with Crippen LogP contribution < -0.4 is 10.9 Å². The topological polar surface area (TPSA) is 51.3 Å². The van der Waals surface area contributed by atoms with Gasteiger partial charge < -0.3 is 9.88 Å². The van der Waals surface area contributed by atoms with E-state index in [0.717, 1.165) is 11.3 Å². The van der Waals surface area contributed by atoms with Gasteiger partial charge in [-0.15, -0.1) is 0 Å². The van der Waals surface area contributed by atoms with Gasteiger partial charge in [-0.1, -0.05) is 30.3 Å². The second-order valence-corrected chi connectivity index (χ2v) is 5.12. The quantitative estimate of drug-likeness (QED) is 0.793. The first-order valence-electron chi connectivity index (χ1n) is 6.96. The van der Waals surface area contributed by atoms with Gasteiger partial charge in [0, 0.05) is 18.9 Å². The van der Waals surface area contributed by atoms with Crippen molar-refractivity contribution >= 4 is 5.52 Å². The molecule has 0 aliphatic heterocycles. The molecule has 0 fully saturated rings. The molecule has 0 aliphatic carbocycles. The van der Waals surface area contributed by atoms with Gasteiger partial charge in [0.15, 0.2) is 0 Å². The molecule has 5 nitrogen and oxygen atoms in total. The van der Waals surface area contributed by atoms with Gasteiger partial charge in [0.1, 0.15) is 5.52 Å². The maximum absolute atomic E-state index is 12.5. The Morgan fingerprint density at radius 2 is 2.00 bits per heavy atom. The maximum atomic E-state index is 12.5. The lowest BCUT2D eigenvalue weighted by molar-refractivity contribution is 0.490. The molecule has 1 atom stereocenters. The highest BCUT2D eigenvalue weighted by atomic mass is 16.1. The minimum Gasteiger partial charge on any atom is -0.312 e. The molecule has 0 radical (unpaired) electrons. The van der Waals surface area contributed by atoms with E-state index in [0.29, 0.717) is 12.1 Å². The molecule has 0 aliphatic rings. The zero-order chi connectivity index (χ0) is 14.8. The van der Waals surface area contributed by atoms with Crippen molar-refractivity contribution in [3.8, 4) is 0 Å². The molecular formula is C16H18N4O. The summed E-state index contributed by atoms with van der Waals surface area (Å²) in [7, 11) is 1.91. The van der Waals surface area contributed by atoms with Crippen molar-refractivity contribution in [1.29, 1.82) is 0 Å². The predicted octanol–water partition coefficient (Wildman–Crippen LogP) is 1.77. The van der Waals surface area contributed by atoms with Gasteiger partial charge in [-0.3, -0.25) is 4.79 Å². The second kappa shape index (κ2) is 5.54. The normalized spacial score (nSPS) is 12.7.